The van der Waals surface area contributed by atoms with Crippen molar-refractivity contribution in [1.82, 2.24) is 20.2 Å². The number of ether oxygens (including phenoxy) is 1. The maximum Gasteiger partial charge on any atom is 0.263 e. The summed E-state index contributed by atoms with van der Waals surface area (Å²) < 4.78 is 61.0. The maximum atomic E-state index is 14.0. The van der Waals surface area contributed by atoms with E-state index in [1.54, 1.807) is 6.92 Å². The average molecular weight is 423 g/mol. The van der Waals surface area contributed by atoms with Crippen molar-refractivity contribution < 1.29 is 27.1 Å². The van der Waals surface area contributed by atoms with Gasteiger partial charge in [0.15, 0.2) is 22.5 Å². The molecule has 13 heteroatoms. The largest absolute Gasteiger partial charge is 0.491 e. The fourth-order valence-electron chi connectivity index (χ4n) is 1.98. The Labute approximate surface area is 160 Å². The Morgan fingerprint density at radius 3 is 2.30 bits per heavy atom. The van der Waals surface area contributed by atoms with E-state index in [2.05, 4.69) is 20.4 Å². The van der Waals surface area contributed by atoms with E-state index in [4.69, 9.17) is 12.2 Å². The lowest BCUT2D eigenvalue weighted by Gasteiger charge is -2.14. The molecule has 0 atom stereocenters. The summed E-state index contributed by atoms with van der Waals surface area (Å²) >= 11 is 6.21. The molecule has 2 N–H and O–H groups in total. The minimum Gasteiger partial charge on any atom is -0.491 e. The van der Waals surface area contributed by atoms with Crippen LogP contribution in [0.1, 0.15) is 23.1 Å². The third-order valence-electron chi connectivity index (χ3n) is 3.16. The summed E-state index contributed by atoms with van der Waals surface area (Å²) in [5.74, 6) is -9.20. The van der Waals surface area contributed by atoms with Gasteiger partial charge in [0, 0.05) is 0 Å². The van der Waals surface area contributed by atoms with Crippen LogP contribution in [0.15, 0.2) is 5.16 Å². The molecule has 1 aromatic heterocycles. The molecule has 27 heavy (non-hydrogen) atoms. The molecule has 1 heterocycles. The maximum absolute atomic E-state index is 14.0. The first-order valence-electron chi connectivity index (χ1n) is 7.29. The number of aryl methyl sites for hydroxylation is 1. The second-order valence-corrected chi connectivity index (χ2v) is 6.50. The van der Waals surface area contributed by atoms with E-state index in [1.165, 1.54) is 16.4 Å². The highest BCUT2D eigenvalue weighted by molar-refractivity contribution is 7.99. The molecular formula is C14H13F4N5O2S2. The monoisotopic (exact) mass is 423 g/mol. The number of carbonyl (C=O) groups is 1. The number of aromatic nitrogens is 3. The van der Waals surface area contributed by atoms with Crippen molar-refractivity contribution in [3.8, 4) is 5.75 Å². The molecule has 0 aliphatic heterocycles. The van der Waals surface area contributed by atoms with Crippen LogP contribution < -0.4 is 15.5 Å². The zero-order valence-electron chi connectivity index (χ0n) is 14.2. The Hall–Kier alpha value is -2.41. The topological polar surface area (TPSA) is 81.1 Å². The van der Waals surface area contributed by atoms with Crippen LogP contribution >= 0.6 is 24.0 Å². The Kier molecular flexibility index (Phi) is 6.59. The first-order chi connectivity index (χ1) is 12.7. The van der Waals surface area contributed by atoms with Crippen molar-refractivity contribution >= 4 is 35.0 Å². The molecule has 2 aromatic rings. The van der Waals surface area contributed by atoms with Gasteiger partial charge >= 0.3 is 0 Å². The molecule has 0 spiro atoms. The number of thiocarbonyl (C=S) groups is 1. The second kappa shape index (κ2) is 8.52. The van der Waals surface area contributed by atoms with Crippen LogP contribution in [0.25, 0.3) is 0 Å². The molecule has 7 nitrogen and oxygen atoms in total. The number of halogens is 4. The van der Waals surface area contributed by atoms with Crippen LogP contribution in [0.3, 0.4) is 0 Å². The second-order valence-electron chi connectivity index (χ2n) is 4.86. The molecule has 0 saturated carbocycles. The first-order valence-corrected chi connectivity index (χ1v) is 8.69. The summed E-state index contributed by atoms with van der Waals surface area (Å²) in [5, 5.41) is 9.67. The van der Waals surface area contributed by atoms with Crippen LogP contribution in [-0.2, 0) is 0 Å². The van der Waals surface area contributed by atoms with Gasteiger partial charge in [-0.25, -0.2) is 13.5 Å². The van der Waals surface area contributed by atoms with Gasteiger partial charge < -0.3 is 4.74 Å². The van der Waals surface area contributed by atoms with Gasteiger partial charge in [-0.1, -0.05) is 18.7 Å². The number of carbonyl (C=O) groups excluding carboxylic acids is 1. The zero-order valence-corrected chi connectivity index (χ0v) is 15.8. The fraction of sp³-hybridized carbons (Fsp3) is 0.286. The van der Waals surface area contributed by atoms with Crippen LogP contribution in [-0.4, -0.2) is 38.8 Å². The SMILES string of the molecule is CCSc1nnc(C)n1NC(=S)NC(=O)c1c(F)c(F)c(OC)c(F)c1F. The average Bonchev–Trinajstić information content (AvgIpc) is 2.94. The highest BCUT2D eigenvalue weighted by Crippen LogP contribution is 2.29. The van der Waals surface area contributed by atoms with Crippen LogP contribution in [0.2, 0.25) is 0 Å². The highest BCUT2D eigenvalue weighted by Gasteiger charge is 2.30. The predicted octanol–water partition coefficient (Wildman–Crippen LogP) is 2.52. The minimum absolute atomic E-state index is 0.390. The molecule has 0 bridgehead atoms. The first kappa shape index (κ1) is 20.9. The smallest absolute Gasteiger partial charge is 0.263 e. The zero-order chi connectivity index (χ0) is 20.3. The van der Waals surface area contributed by atoms with E-state index in [0.717, 1.165) is 7.11 Å². The van der Waals surface area contributed by atoms with Crippen LogP contribution in [0.4, 0.5) is 17.6 Å². The number of hydrogen-bond acceptors (Lipinski definition) is 6. The Balaban J connectivity index is 2.26. The van der Waals surface area contributed by atoms with E-state index >= 15 is 0 Å². The predicted molar refractivity (Wildman–Crippen MR) is 93.4 cm³/mol. The van der Waals surface area contributed by atoms with Gasteiger partial charge in [-0.2, -0.15) is 8.78 Å². The third kappa shape index (κ3) is 4.13. The number of amides is 1. The van der Waals surface area contributed by atoms with Gasteiger partial charge in [-0.3, -0.25) is 15.5 Å². The third-order valence-corrected chi connectivity index (χ3v) is 4.17. The molecule has 0 saturated heterocycles. The minimum atomic E-state index is -1.91. The molecule has 146 valence electrons. The Morgan fingerprint density at radius 1 is 1.19 bits per heavy atom. The summed E-state index contributed by atoms with van der Waals surface area (Å²) in [6, 6.07) is 0. The molecule has 2 rings (SSSR count). The highest BCUT2D eigenvalue weighted by atomic mass is 32.2. The van der Waals surface area contributed by atoms with Gasteiger partial charge in [0.25, 0.3) is 5.91 Å². The van der Waals surface area contributed by atoms with Crippen LogP contribution in [0, 0.1) is 30.2 Å². The van der Waals surface area contributed by atoms with Crippen molar-refractivity contribution in [1.29, 1.82) is 0 Å². The van der Waals surface area contributed by atoms with Gasteiger partial charge in [0.1, 0.15) is 11.4 Å². The van der Waals surface area contributed by atoms with Crippen molar-refractivity contribution in [3.05, 3.63) is 34.7 Å². The van der Waals surface area contributed by atoms with Crippen molar-refractivity contribution in [2.24, 2.45) is 0 Å². The number of thioether (sulfide) groups is 1. The molecule has 1 amide bonds. The molecule has 0 aliphatic rings. The van der Waals surface area contributed by atoms with E-state index < -0.39 is 45.6 Å². The van der Waals surface area contributed by atoms with Gasteiger partial charge in [-0.15, -0.1) is 10.2 Å². The van der Waals surface area contributed by atoms with Crippen molar-refractivity contribution in [2.75, 3.05) is 18.3 Å². The summed E-state index contributed by atoms with van der Waals surface area (Å²) in [5.41, 5.74) is 1.07. The number of rotatable bonds is 5. The Morgan fingerprint density at radius 2 is 1.78 bits per heavy atom. The van der Waals surface area contributed by atoms with Crippen molar-refractivity contribution in [2.45, 2.75) is 19.0 Å². The normalized spacial score (nSPS) is 10.6. The van der Waals surface area contributed by atoms with Gasteiger partial charge in [-0.05, 0) is 24.9 Å². The molecule has 0 aliphatic carbocycles. The van der Waals surface area contributed by atoms with E-state index in [0.29, 0.717) is 16.7 Å². The standard InChI is InChI=1S/C14H13F4N5O2S2/c1-4-27-14-21-20-5(2)23(14)22-13(26)19-12(24)6-7(15)9(17)11(25-3)10(18)8(6)16/h4H2,1-3H3,(H2,19,22,24,26). The Bertz CT molecular complexity index is 877. The summed E-state index contributed by atoms with van der Waals surface area (Å²) in [4.78, 5) is 12.1. The van der Waals surface area contributed by atoms with Gasteiger partial charge in [0.2, 0.25) is 16.8 Å². The lowest BCUT2D eigenvalue weighted by Crippen LogP contribution is -2.39. The lowest BCUT2D eigenvalue weighted by atomic mass is 10.1. The van der Waals surface area contributed by atoms with E-state index in [1.807, 2.05) is 12.2 Å². The number of nitrogens with zero attached hydrogens (tertiary/aromatic N) is 3. The fourth-order valence-corrected chi connectivity index (χ4v) is 2.83. The van der Waals surface area contributed by atoms with Crippen molar-refractivity contribution in [3.63, 3.8) is 0 Å². The molecule has 0 radical (unpaired) electrons. The summed E-state index contributed by atoms with van der Waals surface area (Å²) in [6.07, 6.45) is 0. The molecule has 0 fully saturated rings. The number of nitrogens with one attached hydrogen (secondary N) is 2. The molecular weight excluding hydrogens is 410 g/mol. The van der Waals surface area contributed by atoms with E-state index in [-0.39, 0.29) is 0 Å². The molecule has 0 unspecified atom stereocenters. The van der Waals surface area contributed by atoms with Crippen LogP contribution in [0.5, 0.6) is 5.75 Å². The summed E-state index contributed by atoms with van der Waals surface area (Å²) in [7, 11) is 0.826. The lowest BCUT2D eigenvalue weighted by molar-refractivity contribution is 0.0966. The van der Waals surface area contributed by atoms with Gasteiger partial charge in [0.05, 0.1) is 7.11 Å². The summed E-state index contributed by atoms with van der Waals surface area (Å²) in [6.45, 7) is 3.47. The number of hydrogen-bond donors (Lipinski definition) is 2. The van der Waals surface area contributed by atoms with E-state index in [9.17, 15) is 22.4 Å². The molecule has 1 aromatic carbocycles. The number of benzene rings is 1. The number of methoxy groups -OCH3 is 1. The quantitative estimate of drug-likeness (QED) is 0.331.